The molecule has 1 atom stereocenters. The van der Waals surface area contributed by atoms with E-state index >= 15 is 0 Å². The standard InChI is InChI=1S/C18H25F4N3O3S/c1-16(2,19)11-8-12(10-13(9-11)18(20,21)22)17(3,4)24-15(26)14-6-5-7-25(14)29(23,27)28/h8-10,14H,5-7H2,1-4H3,(H,24,26)(H2,23,27,28)/t14-/m0/s1. The van der Waals surface area contributed by atoms with Gasteiger partial charge in [0.25, 0.3) is 10.2 Å². The van der Waals surface area contributed by atoms with Gasteiger partial charge in [-0.1, -0.05) is 6.07 Å². The highest BCUT2D eigenvalue weighted by molar-refractivity contribution is 7.86. The van der Waals surface area contributed by atoms with Crippen LogP contribution in [0, 0.1) is 0 Å². The van der Waals surface area contributed by atoms with Gasteiger partial charge in [-0.25, -0.2) is 9.53 Å². The molecule has 6 nitrogen and oxygen atoms in total. The van der Waals surface area contributed by atoms with Crippen LogP contribution in [0.15, 0.2) is 18.2 Å². The first-order chi connectivity index (χ1) is 12.9. The number of hydrogen-bond acceptors (Lipinski definition) is 3. The van der Waals surface area contributed by atoms with Crippen LogP contribution < -0.4 is 10.5 Å². The highest BCUT2D eigenvalue weighted by atomic mass is 32.2. The van der Waals surface area contributed by atoms with Crippen LogP contribution in [0.4, 0.5) is 17.6 Å². The van der Waals surface area contributed by atoms with Gasteiger partial charge in [0.05, 0.1) is 11.1 Å². The largest absolute Gasteiger partial charge is 0.416 e. The molecule has 1 amide bonds. The number of hydrogen-bond donors (Lipinski definition) is 2. The summed E-state index contributed by atoms with van der Waals surface area (Å²) >= 11 is 0. The van der Waals surface area contributed by atoms with Crippen molar-refractivity contribution in [2.24, 2.45) is 5.14 Å². The minimum Gasteiger partial charge on any atom is -0.346 e. The fourth-order valence-corrected chi connectivity index (χ4v) is 4.21. The van der Waals surface area contributed by atoms with Gasteiger partial charge in [0.1, 0.15) is 11.7 Å². The number of halogens is 4. The molecule has 0 unspecified atom stereocenters. The molecule has 1 aromatic carbocycles. The third-order valence-corrected chi connectivity index (χ3v) is 6.03. The SMILES string of the molecule is CC(C)(F)c1cc(C(F)(F)F)cc(C(C)(C)NC(=O)[C@@H]2CCCN2S(N)(=O)=O)c1. The second-order valence-corrected chi connectivity index (χ2v) is 9.70. The summed E-state index contributed by atoms with van der Waals surface area (Å²) in [5, 5.41) is 7.71. The Kier molecular flexibility index (Phi) is 6.10. The Labute approximate surface area is 167 Å². The second kappa shape index (κ2) is 7.51. The van der Waals surface area contributed by atoms with Crippen LogP contribution in [0.25, 0.3) is 0 Å². The lowest BCUT2D eigenvalue weighted by Gasteiger charge is -2.32. The molecule has 1 fully saturated rings. The minimum absolute atomic E-state index is 0.0431. The van der Waals surface area contributed by atoms with E-state index in [1.165, 1.54) is 19.9 Å². The van der Waals surface area contributed by atoms with Crippen molar-refractivity contribution in [3.63, 3.8) is 0 Å². The number of nitrogens with zero attached hydrogens (tertiary/aromatic N) is 1. The van der Waals surface area contributed by atoms with E-state index in [1.807, 2.05) is 0 Å². The fourth-order valence-electron chi connectivity index (χ4n) is 3.27. The lowest BCUT2D eigenvalue weighted by Crippen LogP contribution is -2.52. The average Bonchev–Trinajstić information content (AvgIpc) is 3.02. The first kappa shape index (κ1) is 23.6. The summed E-state index contributed by atoms with van der Waals surface area (Å²) in [6, 6.07) is 1.80. The number of nitrogens with two attached hydrogens (primary N) is 1. The molecule has 1 saturated heterocycles. The number of carbonyl (C=O) groups excluding carboxylic acids is 1. The monoisotopic (exact) mass is 439 g/mol. The van der Waals surface area contributed by atoms with E-state index in [4.69, 9.17) is 5.14 Å². The van der Waals surface area contributed by atoms with Crippen LogP contribution in [0.1, 0.15) is 57.2 Å². The van der Waals surface area contributed by atoms with Crippen molar-refractivity contribution >= 4 is 16.1 Å². The Morgan fingerprint density at radius 2 is 1.59 bits per heavy atom. The number of nitrogens with one attached hydrogen (secondary N) is 1. The highest BCUT2D eigenvalue weighted by Crippen LogP contribution is 2.37. The van der Waals surface area contributed by atoms with Crippen molar-refractivity contribution < 1.29 is 30.8 Å². The maximum atomic E-state index is 14.4. The van der Waals surface area contributed by atoms with E-state index in [-0.39, 0.29) is 24.1 Å². The van der Waals surface area contributed by atoms with Crippen LogP contribution in [-0.2, 0) is 32.4 Å². The first-order valence-corrected chi connectivity index (χ1v) is 10.5. The number of benzene rings is 1. The summed E-state index contributed by atoms with van der Waals surface area (Å²) in [5.41, 5.74) is -4.54. The van der Waals surface area contributed by atoms with Crippen LogP contribution >= 0.6 is 0 Å². The highest BCUT2D eigenvalue weighted by Gasteiger charge is 2.40. The summed E-state index contributed by atoms with van der Waals surface area (Å²) in [6.45, 7) is 5.29. The molecule has 2 rings (SSSR count). The summed E-state index contributed by atoms with van der Waals surface area (Å²) in [4.78, 5) is 12.7. The van der Waals surface area contributed by atoms with Gasteiger partial charge in [0.15, 0.2) is 0 Å². The summed E-state index contributed by atoms with van der Waals surface area (Å²) in [7, 11) is -4.09. The quantitative estimate of drug-likeness (QED) is 0.691. The molecule has 3 N–H and O–H groups in total. The Morgan fingerprint density at radius 1 is 1.07 bits per heavy atom. The van der Waals surface area contributed by atoms with Crippen molar-refractivity contribution in [1.82, 2.24) is 9.62 Å². The van der Waals surface area contributed by atoms with Crippen LogP contribution in [0.3, 0.4) is 0 Å². The van der Waals surface area contributed by atoms with Crippen molar-refractivity contribution in [3.8, 4) is 0 Å². The minimum atomic E-state index is -4.70. The van der Waals surface area contributed by atoms with Crippen molar-refractivity contribution in [2.45, 2.75) is 64.0 Å². The van der Waals surface area contributed by atoms with E-state index in [1.54, 1.807) is 0 Å². The maximum Gasteiger partial charge on any atom is 0.416 e. The van der Waals surface area contributed by atoms with Gasteiger partial charge in [-0.3, -0.25) is 4.79 Å². The van der Waals surface area contributed by atoms with E-state index in [2.05, 4.69) is 5.32 Å². The molecule has 11 heteroatoms. The van der Waals surface area contributed by atoms with Gasteiger partial charge in [-0.05, 0) is 63.8 Å². The van der Waals surface area contributed by atoms with Gasteiger partial charge in [-0.2, -0.15) is 25.9 Å². The van der Waals surface area contributed by atoms with Crippen molar-refractivity contribution in [1.29, 1.82) is 0 Å². The van der Waals surface area contributed by atoms with Crippen LogP contribution in [0.5, 0.6) is 0 Å². The zero-order valence-electron chi connectivity index (χ0n) is 16.6. The molecule has 29 heavy (non-hydrogen) atoms. The summed E-state index contributed by atoms with van der Waals surface area (Å²) < 4.78 is 78.5. The van der Waals surface area contributed by atoms with Crippen molar-refractivity contribution in [3.05, 3.63) is 34.9 Å². The molecular formula is C18H25F4N3O3S. The lowest BCUT2D eigenvalue weighted by molar-refractivity contribution is -0.137. The van der Waals surface area contributed by atoms with E-state index in [9.17, 15) is 30.8 Å². The lowest BCUT2D eigenvalue weighted by atomic mass is 9.87. The third kappa shape index (κ3) is 5.46. The van der Waals surface area contributed by atoms with Gasteiger partial charge < -0.3 is 5.32 Å². The predicted molar refractivity (Wildman–Crippen MR) is 99.6 cm³/mol. The van der Waals surface area contributed by atoms with Gasteiger partial charge >= 0.3 is 6.18 Å². The number of rotatable bonds is 5. The molecule has 164 valence electrons. The normalized spacial score (nSPS) is 19.4. The molecule has 0 bridgehead atoms. The van der Waals surface area contributed by atoms with Crippen LogP contribution in [-0.4, -0.2) is 31.2 Å². The van der Waals surface area contributed by atoms with Gasteiger partial charge in [0, 0.05) is 6.54 Å². The third-order valence-electron chi connectivity index (χ3n) is 4.94. The Hall–Kier alpha value is -1.72. The zero-order valence-corrected chi connectivity index (χ0v) is 17.4. The van der Waals surface area contributed by atoms with E-state index < -0.39 is 45.1 Å². The van der Waals surface area contributed by atoms with Gasteiger partial charge in [-0.15, -0.1) is 0 Å². The van der Waals surface area contributed by atoms with E-state index in [0.717, 1.165) is 30.3 Å². The number of alkyl halides is 4. The molecule has 0 aliphatic carbocycles. The second-order valence-electron chi connectivity index (χ2n) is 8.20. The topological polar surface area (TPSA) is 92.5 Å². The number of carbonyl (C=O) groups is 1. The fraction of sp³-hybridized carbons (Fsp3) is 0.611. The summed E-state index contributed by atoms with van der Waals surface area (Å²) in [6.07, 6.45) is -4.03. The molecular weight excluding hydrogens is 414 g/mol. The van der Waals surface area contributed by atoms with E-state index in [0.29, 0.717) is 6.42 Å². The predicted octanol–water partition coefficient (Wildman–Crippen LogP) is 2.93. The first-order valence-electron chi connectivity index (χ1n) is 8.97. The molecule has 0 spiro atoms. The zero-order chi connectivity index (χ0) is 22.4. The molecule has 1 aromatic rings. The Morgan fingerprint density at radius 3 is 2.07 bits per heavy atom. The summed E-state index contributed by atoms with van der Waals surface area (Å²) in [5.74, 6) is -0.681. The van der Waals surface area contributed by atoms with Crippen molar-refractivity contribution in [2.75, 3.05) is 6.54 Å². The average molecular weight is 439 g/mol. The molecule has 1 aliphatic heterocycles. The molecule has 0 saturated carbocycles. The molecule has 0 aromatic heterocycles. The molecule has 1 aliphatic rings. The van der Waals surface area contributed by atoms with Crippen LogP contribution in [0.2, 0.25) is 0 Å². The maximum absolute atomic E-state index is 14.4. The molecule has 1 heterocycles. The molecule has 0 radical (unpaired) electrons. The smallest absolute Gasteiger partial charge is 0.346 e. The number of amides is 1. The Bertz CT molecular complexity index is 860. The van der Waals surface area contributed by atoms with Gasteiger partial charge in [0.2, 0.25) is 5.91 Å². The Balaban J connectivity index is 2.41.